The summed E-state index contributed by atoms with van der Waals surface area (Å²) in [7, 11) is 0. The molecule has 0 aliphatic rings. The van der Waals surface area contributed by atoms with Crippen LogP contribution < -0.4 is 29.6 Å². The largest absolute Gasteiger partial charge is 1.00 e. The molecule has 12 heavy (non-hydrogen) atoms. The minimum absolute atomic E-state index is 0. The van der Waals surface area contributed by atoms with Gasteiger partial charge in [0.2, 0.25) is 0 Å². The smallest absolute Gasteiger partial charge is 0.768 e. The Bertz CT molecular complexity index is 305. The van der Waals surface area contributed by atoms with Crippen LogP contribution in [0.15, 0.2) is 23.1 Å². The third-order valence-electron chi connectivity index (χ3n) is 1.10. The van der Waals surface area contributed by atoms with Gasteiger partial charge in [-0.3, -0.25) is 4.21 Å². The Balaban J connectivity index is 0.00000121. The van der Waals surface area contributed by atoms with Gasteiger partial charge in [-0.2, -0.15) is 0 Å². The summed E-state index contributed by atoms with van der Waals surface area (Å²) in [6.07, 6.45) is 0. The molecule has 0 aliphatic carbocycles. The van der Waals surface area contributed by atoms with Gasteiger partial charge >= 0.3 is 29.6 Å². The number of halogens is 1. The van der Waals surface area contributed by atoms with Crippen molar-refractivity contribution < 1.29 is 43.4 Å². The quantitative estimate of drug-likeness (QED) is 0.447. The number of rotatable bonds is 1. The molecule has 1 N–H and O–H groups in total. The van der Waals surface area contributed by atoms with Crippen LogP contribution in [0.3, 0.4) is 0 Å². The standard InChI is InChI=1S/C6H5ClO3S.Na/c7-4-1-2-5(8)6(3-4)11(9)10;/h1-3,8H,(H,9,10);/q;+1/p-1. The second-order valence-corrected chi connectivity index (χ2v) is 3.19. The molecule has 60 valence electrons. The van der Waals surface area contributed by atoms with E-state index in [9.17, 15) is 8.76 Å². The molecule has 0 bridgehead atoms. The van der Waals surface area contributed by atoms with Crippen molar-refractivity contribution in [2.45, 2.75) is 4.90 Å². The molecular formula is C6H4ClNaO3S. The fraction of sp³-hybridized carbons (Fsp3) is 0. The van der Waals surface area contributed by atoms with E-state index >= 15 is 0 Å². The first-order chi connectivity index (χ1) is 5.11. The Morgan fingerprint density at radius 3 is 2.50 bits per heavy atom. The van der Waals surface area contributed by atoms with Crippen molar-refractivity contribution >= 4 is 22.7 Å². The fourth-order valence-corrected chi connectivity index (χ4v) is 1.32. The van der Waals surface area contributed by atoms with Gasteiger partial charge in [-0.25, -0.2) is 0 Å². The SMILES string of the molecule is O=S([O-])c1cc(Cl)ccc1O.[Na+]. The van der Waals surface area contributed by atoms with Crippen LogP contribution in [-0.2, 0) is 11.1 Å². The molecule has 1 atom stereocenters. The summed E-state index contributed by atoms with van der Waals surface area (Å²) >= 11 is 3.04. The van der Waals surface area contributed by atoms with Gasteiger partial charge in [0, 0.05) is 5.02 Å². The summed E-state index contributed by atoms with van der Waals surface area (Å²) in [5.41, 5.74) is 0. The molecule has 1 unspecified atom stereocenters. The van der Waals surface area contributed by atoms with E-state index in [2.05, 4.69) is 0 Å². The van der Waals surface area contributed by atoms with E-state index in [-0.39, 0.29) is 45.2 Å². The third-order valence-corrected chi connectivity index (χ3v) is 2.02. The zero-order valence-electron chi connectivity index (χ0n) is 6.28. The van der Waals surface area contributed by atoms with Crippen molar-refractivity contribution in [1.29, 1.82) is 0 Å². The van der Waals surface area contributed by atoms with Crippen LogP contribution in [0, 0.1) is 0 Å². The molecule has 0 spiro atoms. The van der Waals surface area contributed by atoms with Crippen LogP contribution >= 0.6 is 11.6 Å². The Labute approximate surface area is 99.3 Å². The fourth-order valence-electron chi connectivity index (χ4n) is 0.621. The van der Waals surface area contributed by atoms with Crippen molar-refractivity contribution in [1.82, 2.24) is 0 Å². The monoisotopic (exact) mass is 214 g/mol. The first kappa shape index (κ1) is 12.4. The second-order valence-electron chi connectivity index (χ2n) is 1.85. The number of hydrogen-bond acceptors (Lipinski definition) is 3. The van der Waals surface area contributed by atoms with Crippen molar-refractivity contribution in [2.75, 3.05) is 0 Å². The molecule has 0 amide bonds. The molecule has 1 aromatic carbocycles. The summed E-state index contributed by atoms with van der Waals surface area (Å²) in [4.78, 5) is -0.183. The number of benzene rings is 1. The molecule has 3 nitrogen and oxygen atoms in total. The Morgan fingerprint density at radius 2 is 2.08 bits per heavy atom. The maximum atomic E-state index is 10.4. The minimum atomic E-state index is -2.44. The van der Waals surface area contributed by atoms with Crippen LogP contribution in [0.5, 0.6) is 5.75 Å². The molecule has 0 heterocycles. The number of hydrogen-bond donors (Lipinski definition) is 1. The summed E-state index contributed by atoms with van der Waals surface area (Å²) in [5.74, 6) is -0.289. The van der Waals surface area contributed by atoms with E-state index in [1.807, 2.05) is 0 Å². The van der Waals surface area contributed by atoms with Gasteiger partial charge in [0.05, 0.1) is 4.90 Å². The van der Waals surface area contributed by atoms with Gasteiger partial charge in [0.15, 0.2) is 0 Å². The van der Waals surface area contributed by atoms with E-state index in [4.69, 9.17) is 16.7 Å². The van der Waals surface area contributed by atoms with Crippen molar-refractivity contribution in [3.8, 4) is 5.75 Å². The van der Waals surface area contributed by atoms with Gasteiger partial charge in [0.25, 0.3) is 0 Å². The maximum absolute atomic E-state index is 10.4. The van der Waals surface area contributed by atoms with Crippen molar-refractivity contribution in [2.24, 2.45) is 0 Å². The van der Waals surface area contributed by atoms with Crippen molar-refractivity contribution in [3.63, 3.8) is 0 Å². The summed E-state index contributed by atoms with van der Waals surface area (Å²) < 4.78 is 20.7. The van der Waals surface area contributed by atoms with Gasteiger partial charge in [-0.1, -0.05) is 11.6 Å². The van der Waals surface area contributed by atoms with Gasteiger partial charge in [0.1, 0.15) is 5.75 Å². The third kappa shape index (κ3) is 3.05. The zero-order valence-corrected chi connectivity index (χ0v) is 9.85. The molecule has 0 aromatic heterocycles. The first-order valence-electron chi connectivity index (χ1n) is 2.69. The molecule has 0 aliphatic heterocycles. The van der Waals surface area contributed by atoms with Crippen LogP contribution in [0.4, 0.5) is 0 Å². The molecule has 6 heteroatoms. The molecule has 1 aromatic rings. The summed E-state index contributed by atoms with van der Waals surface area (Å²) in [6, 6.07) is 3.82. The predicted octanol–water partition coefficient (Wildman–Crippen LogP) is -1.71. The topological polar surface area (TPSA) is 60.4 Å². The van der Waals surface area contributed by atoms with E-state index in [0.29, 0.717) is 0 Å². The van der Waals surface area contributed by atoms with E-state index in [1.54, 1.807) is 0 Å². The normalized spacial score (nSPS) is 11.8. The number of phenolic OH excluding ortho intramolecular Hbond substituents is 1. The molecule has 1 rings (SSSR count). The van der Waals surface area contributed by atoms with Crippen molar-refractivity contribution in [3.05, 3.63) is 23.2 Å². The van der Waals surface area contributed by atoms with Crippen LogP contribution in [-0.4, -0.2) is 13.9 Å². The van der Waals surface area contributed by atoms with E-state index in [0.717, 1.165) is 0 Å². The molecule has 0 radical (unpaired) electrons. The van der Waals surface area contributed by atoms with Crippen LogP contribution in [0.1, 0.15) is 0 Å². The Kier molecular flexibility index (Phi) is 5.40. The molecule has 0 fully saturated rings. The predicted molar refractivity (Wildman–Crippen MR) is 40.3 cm³/mol. The minimum Gasteiger partial charge on any atom is -0.768 e. The van der Waals surface area contributed by atoms with Gasteiger partial charge in [-0.05, 0) is 29.3 Å². The second kappa shape index (κ2) is 5.21. The van der Waals surface area contributed by atoms with E-state index < -0.39 is 11.1 Å². The first-order valence-corrected chi connectivity index (χ1v) is 4.14. The summed E-state index contributed by atoms with van der Waals surface area (Å²) in [5, 5.41) is 9.23. The molecule has 0 saturated heterocycles. The van der Waals surface area contributed by atoms with E-state index in [1.165, 1.54) is 18.2 Å². The van der Waals surface area contributed by atoms with Crippen LogP contribution in [0.25, 0.3) is 0 Å². The van der Waals surface area contributed by atoms with Crippen LogP contribution in [0.2, 0.25) is 5.02 Å². The maximum Gasteiger partial charge on any atom is 1.00 e. The number of aromatic hydroxyl groups is 1. The van der Waals surface area contributed by atoms with Gasteiger partial charge in [-0.15, -0.1) is 0 Å². The Hall–Kier alpha value is 0.420. The van der Waals surface area contributed by atoms with Gasteiger partial charge < -0.3 is 9.66 Å². The number of phenols is 1. The Morgan fingerprint density at radius 1 is 1.50 bits per heavy atom. The molecule has 0 saturated carbocycles. The zero-order chi connectivity index (χ0) is 8.43. The average molecular weight is 215 g/mol. The average Bonchev–Trinajstić information content (AvgIpc) is 1.94. The molecular weight excluding hydrogens is 211 g/mol. The summed E-state index contributed by atoms with van der Waals surface area (Å²) in [6.45, 7) is 0.